The molecule has 0 amide bonds. The van der Waals surface area contributed by atoms with Crippen molar-refractivity contribution in [3.8, 4) is 11.4 Å². The highest BCUT2D eigenvalue weighted by Gasteiger charge is 2.18. The number of anilines is 1. The van der Waals surface area contributed by atoms with E-state index in [0.717, 1.165) is 39.0 Å². The number of hydrogen-bond donors (Lipinski definition) is 1. The van der Waals surface area contributed by atoms with Gasteiger partial charge < -0.3 is 19.6 Å². The first-order valence-electron chi connectivity index (χ1n) is 10.9. The number of fused-ring (bicyclic) bond motifs is 2. The third-order valence-corrected chi connectivity index (χ3v) is 5.85. The number of rotatable bonds is 5. The van der Waals surface area contributed by atoms with Gasteiger partial charge in [-0.2, -0.15) is 0 Å². The number of hydrogen-bond acceptors (Lipinski definition) is 5. The fourth-order valence-electron chi connectivity index (χ4n) is 4.29. The van der Waals surface area contributed by atoms with Gasteiger partial charge in [0, 0.05) is 11.6 Å². The van der Waals surface area contributed by atoms with E-state index in [9.17, 15) is 4.79 Å². The number of nitrogens with zero attached hydrogens (tertiary/aromatic N) is 4. The van der Waals surface area contributed by atoms with Gasteiger partial charge in [-0.05, 0) is 55.8 Å². The number of ether oxygens (including phenoxy) is 1. The molecule has 0 bridgehead atoms. The molecule has 7 heteroatoms. The van der Waals surface area contributed by atoms with Crippen LogP contribution in [0.25, 0.3) is 33.5 Å². The highest BCUT2D eigenvalue weighted by atomic mass is 16.5. The minimum Gasteiger partial charge on any atom is -0.465 e. The van der Waals surface area contributed by atoms with Gasteiger partial charge in [0.15, 0.2) is 0 Å². The SMILES string of the molecule is COC(=O)c1ccc2c(c1)nc(-c1ccc3c(c1)nc(N)n3Cc1ccccc1)n2C(C)C. The molecule has 5 aromatic rings. The van der Waals surface area contributed by atoms with Gasteiger partial charge in [0.2, 0.25) is 5.95 Å². The summed E-state index contributed by atoms with van der Waals surface area (Å²) in [5, 5.41) is 0. The van der Waals surface area contributed by atoms with E-state index in [1.54, 1.807) is 12.1 Å². The molecule has 3 aromatic carbocycles. The number of methoxy groups -OCH3 is 1. The maximum atomic E-state index is 12.0. The van der Waals surface area contributed by atoms with Crippen LogP contribution in [0.3, 0.4) is 0 Å². The number of carbonyl (C=O) groups is 1. The number of benzene rings is 3. The predicted molar refractivity (Wildman–Crippen MR) is 130 cm³/mol. The largest absolute Gasteiger partial charge is 0.465 e. The molecule has 0 aliphatic carbocycles. The van der Waals surface area contributed by atoms with Crippen LogP contribution in [0.4, 0.5) is 5.95 Å². The first kappa shape index (κ1) is 20.8. The molecule has 0 spiro atoms. The lowest BCUT2D eigenvalue weighted by Crippen LogP contribution is -2.04. The van der Waals surface area contributed by atoms with E-state index in [0.29, 0.717) is 18.1 Å². The van der Waals surface area contributed by atoms with Gasteiger partial charge in [-0.25, -0.2) is 14.8 Å². The maximum Gasteiger partial charge on any atom is 0.337 e. The van der Waals surface area contributed by atoms with Gasteiger partial charge in [-0.15, -0.1) is 0 Å². The third kappa shape index (κ3) is 3.61. The smallest absolute Gasteiger partial charge is 0.337 e. The van der Waals surface area contributed by atoms with Crippen LogP contribution >= 0.6 is 0 Å². The van der Waals surface area contributed by atoms with Crippen molar-refractivity contribution in [2.75, 3.05) is 12.8 Å². The maximum absolute atomic E-state index is 12.0. The first-order chi connectivity index (χ1) is 16.0. The lowest BCUT2D eigenvalue weighted by molar-refractivity contribution is 0.0601. The summed E-state index contributed by atoms with van der Waals surface area (Å²) in [6.45, 7) is 4.89. The van der Waals surface area contributed by atoms with Crippen molar-refractivity contribution in [2.45, 2.75) is 26.4 Å². The van der Waals surface area contributed by atoms with Crippen molar-refractivity contribution in [3.05, 3.63) is 77.9 Å². The Bertz CT molecular complexity index is 1480. The van der Waals surface area contributed by atoms with Crippen molar-refractivity contribution in [1.29, 1.82) is 0 Å². The number of nitrogen functional groups attached to an aromatic ring is 1. The quantitative estimate of drug-likeness (QED) is 0.387. The van der Waals surface area contributed by atoms with Gasteiger partial charge in [-0.3, -0.25) is 0 Å². The second-order valence-electron chi connectivity index (χ2n) is 8.34. The lowest BCUT2D eigenvalue weighted by Gasteiger charge is -2.13. The molecule has 5 rings (SSSR count). The number of imidazole rings is 2. The summed E-state index contributed by atoms with van der Waals surface area (Å²) in [5.74, 6) is 0.921. The predicted octanol–water partition coefficient (Wildman–Crippen LogP) is 5.05. The first-order valence-corrected chi connectivity index (χ1v) is 10.9. The zero-order valence-corrected chi connectivity index (χ0v) is 18.8. The Kier molecular flexibility index (Phi) is 5.09. The second-order valence-corrected chi connectivity index (χ2v) is 8.34. The van der Waals surface area contributed by atoms with Crippen molar-refractivity contribution < 1.29 is 9.53 Å². The van der Waals surface area contributed by atoms with E-state index in [1.165, 1.54) is 7.11 Å². The van der Waals surface area contributed by atoms with Crippen LogP contribution in [0.2, 0.25) is 0 Å². The summed E-state index contributed by atoms with van der Waals surface area (Å²) >= 11 is 0. The standard InChI is InChI=1S/C26H25N5O2/c1-16(2)31-23-12-10-19(25(32)33-3)14-21(23)28-24(31)18-9-11-22-20(13-18)29-26(27)30(22)15-17-7-5-4-6-8-17/h4-14,16H,15H2,1-3H3,(H2,27,29). The van der Waals surface area contributed by atoms with Crippen LogP contribution in [0.5, 0.6) is 0 Å². The average Bonchev–Trinajstić information content (AvgIpc) is 3.36. The molecule has 0 radical (unpaired) electrons. The zero-order chi connectivity index (χ0) is 23.1. The molecule has 0 unspecified atom stereocenters. The van der Waals surface area contributed by atoms with Crippen LogP contribution in [0.15, 0.2) is 66.7 Å². The average molecular weight is 440 g/mol. The molecule has 0 aliphatic rings. The highest BCUT2D eigenvalue weighted by Crippen LogP contribution is 2.31. The Morgan fingerprint density at radius 3 is 2.42 bits per heavy atom. The Balaban J connectivity index is 1.62. The molecule has 0 atom stereocenters. The number of nitrogens with two attached hydrogens (primary N) is 1. The molecular weight excluding hydrogens is 414 g/mol. The van der Waals surface area contributed by atoms with Gasteiger partial charge >= 0.3 is 5.97 Å². The highest BCUT2D eigenvalue weighted by molar-refractivity contribution is 5.94. The molecule has 0 saturated carbocycles. The normalized spacial score (nSPS) is 11.5. The van der Waals surface area contributed by atoms with Gasteiger partial charge in [0.25, 0.3) is 0 Å². The van der Waals surface area contributed by atoms with E-state index in [-0.39, 0.29) is 12.0 Å². The van der Waals surface area contributed by atoms with E-state index in [1.807, 2.05) is 47.0 Å². The Labute approximate surface area is 191 Å². The molecule has 7 nitrogen and oxygen atoms in total. The zero-order valence-electron chi connectivity index (χ0n) is 18.8. The van der Waals surface area contributed by atoms with Gasteiger partial charge in [0.05, 0.1) is 41.3 Å². The summed E-state index contributed by atoms with van der Waals surface area (Å²) in [4.78, 5) is 21.5. The molecule has 166 valence electrons. The Morgan fingerprint density at radius 2 is 1.70 bits per heavy atom. The topological polar surface area (TPSA) is 88.0 Å². The summed E-state index contributed by atoms with van der Waals surface area (Å²) in [7, 11) is 1.38. The number of aromatic nitrogens is 4. The second kappa shape index (κ2) is 8.09. The van der Waals surface area contributed by atoms with Crippen LogP contribution in [-0.4, -0.2) is 32.2 Å². The van der Waals surface area contributed by atoms with Crippen LogP contribution in [0.1, 0.15) is 35.8 Å². The third-order valence-electron chi connectivity index (χ3n) is 5.85. The molecule has 2 aromatic heterocycles. The Hall–Kier alpha value is -4.13. The van der Waals surface area contributed by atoms with E-state index in [2.05, 4.69) is 35.5 Å². The van der Waals surface area contributed by atoms with Crippen LogP contribution < -0.4 is 5.73 Å². The van der Waals surface area contributed by atoms with Crippen molar-refractivity contribution in [2.24, 2.45) is 0 Å². The van der Waals surface area contributed by atoms with Crippen LogP contribution in [-0.2, 0) is 11.3 Å². The van der Waals surface area contributed by atoms with Gasteiger partial charge in [0.1, 0.15) is 5.82 Å². The van der Waals surface area contributed by atoms with E-state index in [4.69, 9.17) is 15.5 Å². The molecule has 2 N–H and O–H groups in total. The fourth-order valence-corrected chi connectivity index (χ4v) is 4.29. The minimum atomic E-state index is -0.376. The summed E-state index contributed by atoms with van der Waals surface area (Å²) in [6.07, 6.45) is 0. The molecule has 0 aliphatic heterocycles. The molecular formula is C26H25N5O2. The molecule has 2 heterocycles. The summed E-state index contributed by atoms with van der Waals surface area (Å²) in [6, 6.07) is 21.9. The fraction of sp³-hybridized carbons (Fsp3) is 0.192. The van der Waals surface area contributed by atoms with Crippen molar-refractivity contribution >= 4 is 34.0 Å². The van der Waals surface area contributed by atoms with Crippen molar-refractivity contribution in [1.82, 2.24) is 19.1 Å². The molecule has 0 saturated heterocycles. The van der Waals surface area contributed by atoms with Crippen LogP contribution in [0, 0.1) is 0 Å². The minimum absolute atomic E-state index is 0.172. The molecule has 0 fully saturated rings. The summed E-state index contributed by atoms with van der Waals surface area (Å²) in [5.41, 5.74) is 12.4. The number of esters is 1. The van der Waals surface area contributed by atoms with E-state index < -0.39 is 0 Å². The van der Waals surface area contributed by atoms with Crippen molar-refractivity contribution in [3.63, 3.8) is 0 Å². The monoisotopic (exact) mass is 439 g/mol. The Morgan fingerprint density at radius 1 is 0.970 bits per heavy atom. The molecule has 33 heavy (non-hydrogen) atoms. The van der Waals surface area contributed by atoms with E-state index >= 15 is 0 Å². The summed E-state index contributed by atoms with van der Waals surface area (Å²) < 4.78 is 9.05. The lowest BCUT2D eigenvalue weighted by atomic mass is 10.1. The number of carbonyl (C=O) groups excluding carboxylic acids is 1. The van der Waals surface area contributed by atoms with Gasteiger partial charge in [-0.1, -0.05) is 30.3 Å².